The van der Waals surface area contributed by atoms with Gasteiger partial charge in [-0.3, -0.25) is 4.79 Å². The van der Waals surface area contributed by atoms with E-state index in [2.05, 4.69) is 0 Å². The highest BCUT2D eigenvalue weighted by Crippen LogP contribution is 2.41. The van der Waals surface area contributed by atoms with Crippen molar-refractivity contribution in [2.75, 3.05) is 13.2 Å². The van der Waals surface area contributed by atoms with Gasteiger partial charge < -0.3 is 9.84 Å². The smallest absolute Gasteiger partial charge is 0.194 e. The van der Waals surface area contributed by atoms with Gasteiger partial charge in [0.15, 0.2) is 5.78 Å². The van der Waals surface area contributed by atoms with Gasteiger partial charge in [-0.25, -0.2) is 0 Å². The zero-order chi connectivity index (χ0) is 16.5. The average molecular weight is 316 g/mol. The molecule has 2 aliphatic carbocycles. The number of ether oxygens (including phenoxy) is 1. The van der Waals surface area contributed by atoms with E-state index >= 15 is 0 Å². The molecule has 0 atom stereocenters. The summed E-state index contributed by atoms with van der Waals surface area (Å²) in [4.78, 5) is 12.9. The fourth-order valence-corrected chi connectivity index (χ4v) is 3.12. The molecule has 2 aliphatic rings. The molecular weight excluding hydrogens is 300 g/mol. The summed E-state index contributed by atoms with van der Waals surface area (Å²) in [5.74, 6) is 0.730. The van der Waals surface area contributed by atoms with Crippen molar-refractivity contribution in [1.29, 1.82) is 0 Å². The van der Waals surface area contributed by atoms with Gasteiger partial charge in [0.1, 0.15) is 12.4 Å². The Labute approximate surface area is 140 Å². The summed E-state index contributed by atoms with van der Waals surface area (Å²) in [7, 11) is 0. The molecule has 0 saturated carbocycles. The number of aliphatic hydroxyl groups is 1. The monoisotopic (exact) mass is 316 g/mol. The SMILES string of the molecule is O=C1C2=Cc3ccccc3C2=CC=C1c1ccc(OCCO)cc1. The van der Waals surface area contributed by atoms with E-state index in [1.54, 1.807) is 0 Å². The fraction of sp³-hybridized carbons (Fsp3) is 0.0952. The molecule has 1 N–H and O–H groups in total. The van der Waals surface area contributed by atoms with E-state index in [9.17, 15) is 4.79 Å². The molecule has 4 rings (SSSR count). The standard InChI is InChI=1S/C21H16O3/c22-11-12-24-16-7-5-14(6-8-16)18-9-10-19-17-4-2-1-3-15(17)13-20(19)21(18)23/h1-10,13,22H,11-12H2. The molecule has 2 aromatic carbocycles. The highest BCUT2D eigenvalue weighted by molar-refractivity contribution is 6.38. The Bertz CT molecular complexity index is 899. The van der Waals surface area contributed by atoms with Crippen LogP contribution >= 0.6 is 0 Å². The predicted octanol–water partition coefficient (Wildman–Crippen LogP) is 3.50. The van der Waals surface area contributed by atoms with Crippen LogP contribution in [0.1, 0.15) is 16.7 Å². The fourth-order valence-electron chi connectivity index (χ4n) is 3.12. The minimum Gasteiger partial charge on any atom is -0.491 e. The minimum absolute atomic E-state index is 0.0202. The van der Waals surface area contributed by atoms with Gasteiger partial charge in [-0.05, 0) is 46.5 Å². The molecule has 0 fully saturated rings. The lowest BCUT2D eigenvalue weighted by Crippen LogP contribution is -2.08. The van der Waals surface area contributed by atoms with Gasteiger partial charge in [-0.1, -0.05) is 42.5 Å². The van der Waals surface area contributed by atoms with Crippen LogP contribution in [-0.2, 0) is 4.79 Å². The number of hydrogen-bond acceptors (Lipinski definition) is 3. The van der Waals surface area contributed by atoms with Crippen molar-refractivity contribution < 1.29 is 14.6 Å². The summed E-state index contributed by atoms with van der Waals surface area (Å²) in [6, 6.07) is 15.4. The Kier molecular flexibility index (Phi) is 3.63. The Morgan fingerprint density at radius 1 is 0.875 bits per heavy atom. The Morgan fingerprint density at radius 3 is 2.42 bits per heavy atom. The van der Waals surface area contributed by atoms with E-state index in [0.29, 0.717) is 11.3 Å². The molecule has 0 spiro atoms. The summed E-state index contributed by atoms with van der Waals surface area (Å²) in [6.45, 7) is 0.242. The third-order valence-electron chi connectivity index (χ3n) is 4.27. The van der Waals surface area contributed by atoms with E-state index in [1.807, 2.05) is 66.8 Å². The summed E-state index contributed by atoms with van der Waals surface area (Å²) >= 11 is 0. The summed E-state index contributed by atoms with van der Waals surface area (Å²) in [6.07, 6.45) is 5.88. The molecule has 0 aliphatic heterocycles. The number of rotatable bonds is 4. The number of Topliss-reactive ketones (excluding diaryl/α,β-unsaturated/α-hetero) is 1. The molecule has 0 bridgehead atoms. The van der Waals surface area contributed by atoms with Gasteiger partial charge in [-0.2, -0.15) is 0 Å². The van der Waals surface area contributed by atoms with Crippen LogP contribution in [0.25, 0.3) is 17.2 Å². The molecule has 3 heteroatoms. The Hall–Kier alpha value is -2.91. The number of benzene rings is 2. The van der Waals surface area contributed by atoms with Crippen LogP contribution < -0.4 is 4.74 Å². The van der Waals surface area contributed by atoms with Crippen molar-refractivity contribution in [3.8, 4) is 5.75 Å². The van der Waals surface area contributed by atoms with Crippen molar-refractivity contribution in [3.63, 3.8) is 0 Å². The normalized spacial score (nSPS) is 15.2. The maximum Gasteiger partial charge on any atom is 0.194 e. The van der Waals surface area contributed by atoms with Gasteiger partial charge in [0.25, 0.3) is 0 Å². The number of hydrogen-bond donors (Lipinski definition) is 1. The molecule has 118 valence electrons. The molecule has 2 aromatic rings. The van der Waals surface area contributed by atoms with Crippen molar-refractivity contribution >= 4 is 23.0 Å². The Morgan fingerprint density at radius 2 is 1.62 bits per heavy atom. The van der Waals surface area contributed by atoms with E-state index in [4.69, 9.17) is 9.84 Å². The van der Waals surface area contributed by atoms with Crippen LogP contribution in [0.15, 0.2) is 66.3 Å². The first kappa shape index (κ1) is 14.7. The van der Waals surface area contributed by atoms with Gasteiger partial charge in [0, 0.05) is 11.1 Å². The van der Waals surface area contributed by atoms with Crippen molar-refractivity contribution in [3.05, 3.63) is 82.9 Å². The first-order chi connectivity index (χ1) is 11.8. The van der Waals surface area contributed by atoms with Crippen LogP contribution in [0.2, 0.25) is 0 Å². The highest BCUT2D eigenvalue weighted by Gasteiger charge is 2.28. The molecule has 0 heterocycles. The van der Waals surface area contributed by atoms with Crippen LogP contribution in [0.5, 0.6) is 5.75 Å². The highest BCUT2D eigenvalue weighted by atomic mass is 16.5. The zero-order valence-electron chi connectivity index (χ0n) is 13.0. The molecule has 0 radical (unpaired) electrons. The van der Waals surface area contributed by atoms with E-state index < -0.39 is 0 Å². The summed E-state index contributed by atoms with van der Waals surface area (Å²) in [5, 5.41) is 8.79. The number of aliphatic hydroxyl groups excluding tert-OH is 1. The maximum atomic E-state index is 12.9. The van der Waals surface area contributed by atoms with Crippen molar-refractivity contribution in [1.82, 2.24) is 0 Å². The quantitative estimate of drug-likeness (QED) is 0.939. The Balaban J connectivity index is 1.66. The number of ketones is 1. The van der Waals surface area contributed by atoms with Gasteiger partial charge >= 0.3 is 0 Å². The van der Waals surface area contributed by atoms with Crippen LogP contribution in [-0.4, -0.2) is 24.1 Å². The predicted molar refractivity (Wildman–Crippen MR) is 94.4 cm³/mol. The lowest BCUT2D eigenvalue weighted by Gasteiger charge is -2.14. The lowest BCUT2D eigenvalue weighted by molar-refractivity contribution is -0.110. The first-order valence-corrected chi connectivity index (χ1v) is 7.90. The molecule has 0 unspecified atom stereocenters. The molecule has 0 saturated heterocycles. The molecule has 0 aromatic heterocycles. The zero-order valence-corrected chi connectivity index (χ0v) is 13.0. The average Bonchev–Trinajstić information content (AvgIpc) is 3.01. The maximum absolute atomic E-state index is 12.9. The van der Waals surface area contributed by atoms with Gasteiger partial charge in [-0.15, -0.1) is 0 Å². The molecule has 24 heavy (non-hydrogen) atoms. The third-order valence-corrected chi connectivity index (χ3v) is 4.27. The second kappa shape index (κ2) is 5.95. The molecule has 0 amide bonds. The van der Waals surface area contributed by atoms with Crippen LogP contribution in [0.3, 0.4) is 0 Å². The van der Waals surface area contributed by atoms with Crippen LogP contribution in [0, 0.1) is 0 Å². The molecule has 3 nitrogen and oxygen atoms in total. The second-order valence-corrected chi connectivity index (χ2v) is 5.73. The largest absolute Gasteiger partial charge is 0.491 e. The van der Waals surface area contributed by atoms with Crippen LogP contribution in [0.4, 0.5) is 0 Å². The van der Waals surface area contributed by atoms with E-state index in [1.165, 1.54) is 0 Å². The number of carbonyl (C=O) groups excluding carboxylic acids is 1. The van der Waals surface area contributed by atoms with Crippen molar-refractivity contribution in [2.24, 2.45) is 0 Å². The number of carbonyl (C=O) groups is 1. The lowest BCUT2D eigenvalue weighted by atomic mass is 9.88. The number of allylic oxidation sites excluding steroid dienone is 5. The third kappa shape index (κ3) is 2.39. The van der Waals surface area contributed by atoms with Gasteiger partial charge in [0.05, 0.1) is 6.61 Å². The van der Waals surface area contributed by atoms with Crippen molar-refractivity contribution in [2.45, 2.75) is 0 Å². The second-order valence-electron chi connectivity index (χ2n) is 5.73. The van der Waals surface area contributed by atoms with E-state index in [-0.39, 0.29) is 19.0 Å². The topological polar surface area (TPSA) is 46.5 Å². The minimum atomic E-state index is -0.0202. The summed E-state index contributed by atoms with van der Waals surface area (Å²) < 4.78 is 5.36. The molecular formula is C21H16O3. The first-order valence-electron chi connectivity index (χ1n) is 7.90. The summed E-state index contributed by atoms with van der Waals surface area (Å²) in [5.41, 5.74) is 5.52. The van der Waals surface area contributed by atoms with Gasteiger partial charge in [0.2, 0.25) is 0 Å². The van der Waals surface area contributed by atoms with E-state index in [0.717, 1.165) is 27.8 Å². The number of fused-ring (bicyclic) bond motifs is 3.